The maximum atomic E-state index is 9.76. The SMILES string of the molecule is CC(=O)OS(N)=O. The first-order chi connectivity index (χ1) is 3.13. The van der Waals surface area contributed by atoms with E-state index in [1.54, 1.807) is 0 Å². The van der Waals surface area contributed by atoms with Crippen LogP contribution in [0.3, 0.4) is 0 Å². The van der Waals surface area contributed by atoms with E-state index in [1.165, 1.54) is 0 Å². The third-order valence-electron chi connectivity index (χ3n) is 0.199. The molecule has 0 amide bonds. The molecule has 0 aromatic carbocycles. The molecule has 0 bridgehead atoms. The third kappa shape index (κ3) is 5.58. The topological polar surface area (TPSA) is 69.4 Å². The summed E-state index contributed by atoms with van der Waals surface area (Å²) in [6.45, 7) is 1.13. The van der Waals surface area contributed by atoms with E-state index in [9.17, 15) is 9.00 Å². The molecule has 0 aliphatic rings. The Hall–Kier alpha value is -0.420. The first-order valence-electron chi connectivity index (χ1n) is 1.48. The number of rotatable bonds is 1. The lowest BCUT2D eigenvalue weighted by molar-refractivity contribution is -0.130. The summed E-state index contributed by atoms with van der Waals surface area (Å²) in [6.07, 6.45) is 0. The lowest BCUT2D eigenvalue weighted by Crippen LogP contribution is -2.10. The largest absolute Gasteiger partial charge is 0.353 e. The summed E-state index contributed by atoms with van der Waals surface area (Å²) in [5.74, 6) is -0.638. The van der Waals surface area contributed by atoms with Crippen molar-refractivity contribution in [3.63, 3.8) is 0 Å². The maximum absolute atomic E-state index is 9.76. The van der Waals surface area contributed by atoms with Crippen LogP contribution in [0.25, 0.3) is 0 Å². The quantitative estimate of drug-likeness (QED) is 0.490. The zero-order chi connectivity index (χ0) is 5.86. The zero-order valence-corrected chi connectivity index (χ0v) is 4.53. The predicted molar refractivity (Wildman–Crippen MR) is 24.1 cm³/mol. The first kappa shape index (κ1) is 6.58. The molecule has 5 heteroatoms. The van der Waals surface area contributed by atoms with Gasteiger partial charge in [0.15, 0.2) is 0 Å². The Bertz CT molecular complexity index is 89.1. The molecule has 0 rings (SSSR count). The van der Waals surface area contributed by atoms with Crippen LogP contribution in [0.5, 0.6) is 0 Å². The van der Waals surface area contributed by atoms with E-state index in [4.69, 9.17) is 0 Å². The summed E-state index contributed by atoms with van der Waals surface area (Å²) in [5.41, 5.74) is 0. The molecule has 0 aliphatic carbocycles. The number of nitrogens with two attached hydrogens (primary N) is 1. The second-order valence-electron chi connectivity index (χ2n) is 0.835. The van der Waals surface area contributed by atoms with Gasteiger partial charge in [0.05, 0.1) is 0 Å². The highest BCUT2D eigenvalue weighted by Gasteiger charge is 1.92. The van der Waals surface area contributed by atoms with Crippen LogP contribution in [-0.2, 0) is 20.2 Å². The molecule has 4 nitrogen and oxygen atoms in total. The summed E-state index contributed by atoms with van der Waals surface area (Å²) < 4.78 is 13.6. The highest BCUT2D eigenvalue weighted by Crippen LogP contribution is 1.73. The van der Waals surface area contributed by atoms with Crippen molar-refractivity contribution in [1.29, 1.82) is 0 Å². The highest BCUT2D eigenvalue weighted by molar-refractivity contribution is 7.78. The minimum atomic E-state index is -1.95. The van der Waals surface area contributed by atoms with Crippen LogP contribution >= 0.6 is 0 Å². The fourth-order valence-electron chi connectivity index (χ4n) is 0.116. The molecule has 42 valence electrons. The minimum absolute atomic E-state index is 0.638. The number of hydrogen-bond acceptors (Lipinski definition) is 3. The zero-order valence-electron chi connectivity index (χ0n) is 3.71. The van der Waals surface area contributed by atoms with E-state index in [2.05, 4.69) is 9.32 Å². The Labute approximate surface area is 43.4 Å². The van der Waals surface area contributed by atoms with Crippen LogP contribution in [0.1, 0.15) is 6.92 Å². The molecule has 0 radical (unpaired) electrons. The van der Waals surface area contributed by atoms with Crippen LogP contribution in [0.2, 0.25) is 0 Å². The molecule has 0 aliphatic heterocycles. The van der Waals surface area contributed by atoms with Crippen molar-refractivity contribution >= 4 is 17.2 Å². The van der Waals surface area contributed by atoms with Crippen LogP contribution in [-0.4, -0.2) is 10.2 Å². The third-order valence-corrected chi connectivity index (χ3v) is 0.598. The Kier molecular flexibility index (Phi) is 2.54. The van der Waals surface area contributed by atoms with Crippen LogP contribution in [0, 0.1) is 0 Å². The molecule has 0 saturated carbocycles. The van der Waals surface area contributed by atoms with Crippen LogP contribution in [0.4, 0.5) is 0 Å². The molecular weight excluding hydrogens is 118 g/mol. The molecule has 0 aromatic heterocycles. The van der Waals surface area contributed by atoms with Gasteiger partial charge in [0.1, 0.15) is 0 Å². The molecule has 0 saturated heterocycles. The van der Waals surface area contributed by atoms with Gasteiger partial charge < -0.3 is 4.18 Å². The Morgan fingerprint density at radius 3 is 2.29 bits per heavy atom. The van der Waals surface area contributed by atoms with Crippen molar-refractivity contribution in [3.8, 4) is 0 Å². The van der Waals surface area contributed by atoms with Gasteiger partial charge in [-0.1, -0.05) is 0 Å². The second kappa shape index (κ2) is 2.70. The second-order valence-corrected chi connectivity index (χ2v) is 1.52. The van der Waals surface area contributed by atoms with Crippen molar-refractivity contribution in [2.45, 2.75) is 6.92 Å². The normalized spacial score (nSPS) is 12.9. The standard InChI is InChI=1S/C2H5NO3S/c1-2(4)6-7(3)5/h3H2,1H3. The summed E-state index contributed by atoms with van der Waals surface area (Å²) in [6, 6.07) is 0. The van der Waals surface area contributed by atoms with Gasteiger partial charge >= 0.3 is 5.97 Å². The minimum Gasteiger partial charge on any atom is -0.353 e. The van der Waals surface area contributed by atoms with Gasteiger partial charge in [-0.3, -0.25) is 4.79 Å². The summed E-state index contributed by atoms with van der Waals surface area (Å²) in [7, 11) is 0. The fraction of sp³-hybridized carbons (Fsp3) is 0.500. The van der Waals surface area contributed by atoms with E-state index in [0.29, 0.717) is 0 Å². The van der Waals surface area contributed by atoms with Gasteiger partial charge in [-0.2, -0.15) is 4.21 Å². The Morgan fingerprint density at radius 1 is 1.86 bits per heavy atom. The average molecular weight is 123 g/mol. The number of hydrogen-bond donors (Lipinski definition) is 1. The lowest BCUT2D eigenvalue weighted by atomic mass is 10.9. The van der Waals surface area contributed by atoms with E-state index in [-0.39, 0.29) is 0 Å². The van der Waals surface area contributed by atoms with E-state index in [1.807, 2.05) is 0 Å². The van der Waals surface area contributed by atoms with Gasteiger partial charge in [0, 0.05) is 6.92 Å². The average Bonchev–Trinajstić information content (AvgIpc) is 1.27. The maximum Gasteiger partial charge on any atom is 0.318 e. The molecule has 1 atom stereocenters. The summed E-state index contributed by atoms with van der Waals surface area (Å²) >= 11 is -1.95. The van der Waals surface area contributed by atoms with Crippen molar-refractivity contribution in [2.75, 3.05) is 0 Å². The van der Waals surface area contributed by atoms with Gasteiger partial charge in [0.25, 0.3) is 11.3 Å². The molecule has 0 heterocycles. The van der Waals surface area contributed by atoms with Crippen molar-refractivity contribution < 1.29 is 13.2 Å². The molecule has 0 aromatic rings. The monoisotopic (exact) mass is 123 g/mol. The van der Waals surface area contributed by atoms with Gasteiger partial charge in [-0.15, -0.1) is 0 Å². The van der Waals surface area contributed by atoms with E-state index in [0.717, 1.165) is 6.92 Å². The Balaban J connectivity index is 3.32. The summed E-state index contributed by atoms with van der Waals surface area (Å²) in [5, 5.41) is 4.52. The van der Waals surface area contributed by atoms with Gasteiger partial charge in [-0.25, -0.2) is 5.14 Å². The summed E-state index contributed by atoms with van der Waals surface area (Å²) in [4.78, 5) is 9.76. The fourth-order valence-corrected chi connectivity index (χ4v) is 0.347. The Morgan fingerprint density at radius 2 is 2.29 bits per heavy atom. The molecule has 2 N–H and O–H groups in total. The van der Waals surface area contributed by atoms with Crippen molar-refractivity contribution in [1.82, 2.24) is 0 Å². The van der Waals surface area contributed by atoms with Gasteiger partial charge in [-0.05, 0) is 0 Å². The lowest BCUT2D eigenvalue weighted by Gasteiger charge is -1.88. The van der Waals surface area contributed by atoms with Gasteiger partial charge in [0.2, 0.25) is 0 Å². The molecule has 1 unspecified atom stereocenters. The number of carbonyl (C=O) groups excluding carboxylic acids is 1. The van der Waals surface area contributed by atoms with E-state index >= 15 is 0 Å². The van der Waals surface area contributed by atoms with Crippen LogP contribution < -0.4 is 5.14 Å². The molecule has 7 heavy (non-hydrogen) atoms. The molecule has 0 spiro atoms. The molecular formula is C2H5NO3S. The highest BCUT2D eigenvalue weighted by atomic mass is 32.2. The smallest absolute Gasteiger partial charge is 0.318 e. The van der Waals surface area contributed by atoms with Crippen molar-refractivity contribution in [2.24, 2.45) is 5.14 Å². The van der Waals surface area contributed by atoms with Crippen molar-refractivity contribution in [3.05, 3.63) is 0 Å². The predicted octanol–water partition coefficient (Wildman–Crippen LogP) is -0.913. The molecule has 0 fully saturated rings. The van der Waals surface area contributed by atoms with Crippen LogP contribution in [0.15, 0.2) is 0 Å². The van der Waals surface area contributed by atoms with E-state index < -0.39 is 17.2 Å². The number of carbonyl (C=O) groups is 1. The first-order valence-corrected chi connectivity index (χ1v) is 2.62.